The second kappa shape index (κ2) is 6.94. The van der Waals surface area contributed by atoms with Crippen molar-refractivity contribution in [3.05, 3.63) is 34.2 Å². The van der Waals surface area contributed by atoms with E-state index < -0.39 is 5.60 Å². The van der Waals surface area contributed by atoms with Crippen LogP contribution in [-0.2, 0) is 6.54 Å². The number of hydrogen-bond donors (Lipinski definition) is 2. The van der Waals surface area contributed by atoms with E-state index in [9.17, 15) is 9.90 Å². The molecule has 0 aliphatic rings. The highest BCUT2D eigenvalue weighted by atomic mass is 32.1. The highest BCUT2D eigenvalue weighted by Crippen LogP contribution is 2.19. The van der Waals surface area contributed by atoms with Gasteiger partial charge >= 0.3 is 0 Å². The third-order valence-corrected chi connectivity index (χ3v) is 3.60. The van der Waals surface area contributed by atoms with Gasteiger partial charge in [0.2, 0.25) is 0 Å². The van der Waals surface area contributed by atoms with Gasteiger partial charge in [0.05, 0.1) is 17.1 Å². The fourth-order valence-corrected chi connectivity index (χ4v) is 2.50. The van der Waals surface area contributed by atoms with E-state index in [1.54, 1.807) is 26.0 Å². The van der Waals surface area contributed by atoms with Crippen LogP contribution in [0, 0.1) is 11.8 Å². The van der Waals surface area contributed by atoms with Crippen LogP contribution in [0.25, 0.3) is 0 Å². The quantitative estimate of drug-likeness (QED) is 0.838. The maximum Gasteiger partial charge on any atom is 0.287 e. The summed E-state index contributed by atoms with van der Waals surface area (Å²) < 4.78 is 9.28. The molecule has 0 aromatic carbocycles. The molecular formula is C16H19N3O3S. The summed E-state index contributed by atoms with van der Waals surface area (Å²) in [7, 11) is 0. The lowest BCUT2D eigenvalue weighted by molar-refractivity contribution is 0.0923. The Morgan fingerprint density at radius 2 is 2.22 bits per heavy atom. The average molecular weight is 333 g/mol. The minimum absolute atomic E-state index is 0.175. The average Bonchev–Trinajstić information content (AvgIpc) is 3.10. The van der Waals surface area contributed by atoms with Gasteiger partial charge in [-0.05, 0) is 49.4 Å². The Labute approximate surface area is 139 Å². The van der Waals surface area contributed by atoms with Crippen LogP contribution in [0.2, 0.25) is 0 Å². The predicted molar refractivity (Wildman–Crippen MR) is 87.1 cm³/mol. The van der Waals surface area contributed by atoms with Crippen molar-refractivity contribution >= 4 is 17.4 Å². The van der Waals surface area contributed by atoms with Gasteiger partial charge in [-0.3, -0.25) is 4.79 Å². The van der Waals surface area contributed by atoms with Gasteiger partial charge in [-0.1, -0.05) is 24.3 Å². The molecule has 0 radical (unpaired) electrons. The highest BCUT2D eigenvalue weighted by Gasteiger charge is 2.15. The fourth-order valence-electron chi connectivity index (χ4n) is 1.77. The molecule has 2 heterocycles. The van der Waals surface area contributed by atoms with Crippen molar-refractivity contribution in [2.75, 3.05) is 0 Å². The topological polar surface area (TPSA) is 88.2 Å². The summed E-state index contributed by atoms with van der Waals surface area (Å²) in [5, 5.41) is 16.4. The molecule has 2 aromatic heterocycles. The molecule has 0 bridgehead atoms. The largest absolute Gasteiger partial charge is 0.443 e. The van der Waals surface area contributed by atoms with E-state index in [0.29, 0.717) is 12.3 Å². The second-order valence-electron chi connectivity index (χ2n) is 5.89. The molecule has 6 nitrogen and oxygen atoms in total. The lowest BCUT2D eigenvalue weighted by atomic mass is 10.1. The van der Waals surface area contributed by atoms with Crippen molar-refractivity contribution in [3.8, 4) is 11.8 Å². The van der Waals surface area contributed by atoms with Crippen LogP contribution in [0.15, 0.2) is 16.5 Å². The number of aliphatic hydroxyl groups is 1. The summed E-state index contributed by atoms with van der Waals surface area (Å²) in [6.07, 6.45) is 0. The number of hydrogen-bond acceptors (Lipinski definition) is 6. The van der Waals surface area contributed by atoms with Crippen LogP contribution >= 0.6 is 11.5 Å². The van der Waals surface area contributed by atoms with Crippen molar-refractivity contribution in [1.82, 2.24) is 14.9 Å². The van der Waals surface area contributed by atoms with Gasteiger partial charge in [-0.25, -0.2) is 0 Å². The number of aromatic nitrogens is 2. The van der Waals surface area contributed by atoms with E-state index in [1.807, 2.05) is 13.8 Å². The molecule has 0 atom stereocenters. The molecule has 2 aromatic rings. The minimum atomic E-state index is -1.11. The number of carbonyl (C=O) groups is 1. The molecular weight excluding hydrogens is 314 g/mol. The first-order valence-electron chi connectivity index (χ1n) is 7.21. The highest BCUT2D eigenvalue weighted by molar-refractivity contribution is 7.05. The summed E-state index contributed by atoms with van der Waals surface area (Å²) in [5.41, 5.74) is -0.215. The van der Waals surface area contributed by atoms with Gasteiger partial charge in [-0.2, -0.15) is 0 Å². The summed E-state index contributed by atoms with van der Waals surface area (Å²) in [5.74, 6) is 5.75. The molecule has 0 saturated heterocycles. The Balaban J connectivity index is 2.00. The Morgan fingerprint density at radius 1 is 1.48 bits per heavy atom. The van der Waals surface area contributed by atoms with Gasteiger partial charge in [-0.15, -0.1) is 5.10 Å². The van der Waals surface area contributed by atoms with E-state index in [0.717, 1.165) is 10.6 Å². The zero-order valence-electron chi connectivity index (χ0n) is 13.5. The third kappa shape index (κ3) is 4.91. The van der Waals surface area contributed by atoms with Gasteiger partial charge in [0.15, 0.2) is 11.5 Å². The lowest BCUT2D eigenvalue weighted by Crippen LogP contribution is -2.22. The molecule has 1 amide bonds. The molecule has 2 rings (SSSR count). The number of furan rings is 1. The van der Waals surface area contributed by atoms with Crippen molar-refractivity contribution in [2.45, 2.75) is 45.8 Å². The van der Waals surface area contributed by atoms with Crippen molar-refractivity contribution < 1.29 is 14.3 Å². The van der Waals surface area contributed by atoms with E-state index in [2.05, 4.69) is 26.7 Å². The third-order valence-electron chi connectivity index (χ3n) is 2.86. The number of nitrogens with zero attached hydrogens (tertiary/aromatic N) is 2. The Hall–Kier alpha value is -2.17. The van der Waals surface area contributed by atoms with Crippen molar-refractivity contribution in [3.63, 3.8) is 0 Å². The molecule has 0 unspecified atom stereocenters. The van der Waals surface area contributed by atoms with Gasteiger partial charge in [0, 0.05) is 0 Å². The Kier molecular flexibility index (Phi) is 5.19. The zero-order chi connectivity index (χ0) is 17.0. The summed E-state index contributed by atoms with van der Waals surface area (Å²) in [4.78, 5) is 13.0. The SMILES string of the molecule is CC(C)c1nnsc1CNC(=O)c1ccc(C#CC(C)(C)O)o1. The molecule has 7 heteroatoms. The second-order valence-corrected chi connectivity index (χ2v) is 6.73. The molecule has 0 aliphatic heterocycles. The van der Waals surface area contributed by atoms with E-state index in [4.69, 9.17) is 4.42 Å². The summed E-state index contributed by atoms with van der Waals surface area (Å²) in [6, 6.07) is 3.15. The first-order chi connectivity index (χ1) is 10.8. The van der Waals surface area contributed by atoms with Gasteiger partial charge < -0.3 is 14.8 Å². The lowest BCUT2D eigenvalue weighted by Gasteiger charge is -2.05. The van der Waals surface area contributed by atoms with Crippen LogP contribution in [0.5, 0.6) is 0 Å². The maximum absolute atomic E-state index is 12.1. The first kappa shape index (κ1) is 17.2. The monoisotopic (exact) mass is 333 g/mol. The molecule has 0 spiro atoms. The first-order valence-corrected chi connectivity index (χ1v) is 7.98. The number of amides is 1. The fraction of sp³-hybridized carbons (Fsp3) is 0.438. The molecule has 122 valence electrons. The minimum Gasteiger partial charge on any atom is -0.443 e. The zero-order valence-corrected chi connectivity index (χ0v) is 14.3. The standard InChI is InChI=1S/C16H19N3O3S/c1-10(2)14-13(23-19-18-14)9-17-15(20)12-6-5-11(22-12)7-8-16(3,4)21/h5-6,10,21H,9H2,1-4H3,(H,17,20). The normalized spacial score (nSPS) is 11.2. The van der Waals surface area contributed by atoms with Gasteiger partial charge in [0.25, 0.3) is 5.91 Å². The molecule has 0 saturated carbocycles. The molecule has 2 N–H and O–H groups in total. The van der Waals surface area contributed by atoms with Crippen molar-refractivity contribution in [1.29, 1.82) is 0 Å². The van der Waals surface area contributed by atoms with E-state index in [-0.39, 0.29) is 17.6 Å². The van der Waals surface area contributed by atoms with Crippen LogP contribution in [-0.4, -0.2) is 26.2 Å². The van der Waals surface area contributed by atoms with E-state index >= 15 is 0 Å². The van der Waals surface area contributed by atoms with Crippen LogP contribution in [0.4, 0.5) is 0 Å². The smallest absolute Gasteiger partial charge is 0.287 e. The summed E-state index contributed by atoms with van der Waals surface area (Å²) in [6.45, 7) is 7.57. The number of rotatable bonds is 4. The molecule has 0 aliphatic carbocycles. The Morgan fingerprint density at radius 3 is 2.87 bits per heavy atom. The van der Waals surface area contributed by atoms with Crippen molar-refractivity contribution in [2.24, 2.45) is 0 Å². The van der Waals surface area contributed by atoms with Crippen LogP contribution in [0.3, 0.4) is 0 Å². The Bertz CT molecular complexity index is 744. The number of carbonyl (C=O) groups excluding carboxylic acids is 1. The molecule has 0 fully saturated rings. The maximum atomic E-state index is 12.1. The number of nitrogens with one attached hydrogen (secondary N) is 1. The summed E-state index contributed by atoms with van der Waals surface area (Å²) >= 11 is 1.27. The van der Waals surface area contributed by atoms with Crippen LogP contribution in [0.1, 0.15) is 60.5 Å². The van der Waals surface area contributed by atoms with Crippen LogP contribution < -0.4 is 5.32 Å². The molecule has 23 heavy (non-hydrogen) atoms. The van der Waals surface area contributed by atoms with E-state index in [1.165, 1.54) is 11.5 Å². The van der Waals surface area contributed by atoms with Gasteiger partial charge in [0.1, 0.15) is 5.60 Å². The predicted octanol–water partition coefficient (Wildman–Crippen LogP) is 2.31.